The van der Waals surface area contributed by atoms with E-state index < -0.39 is 33.9 Å². The molecule has 0 aromatic heterocycles. The fraction of sp³-hybridized carbons (Fsp3) is 0.222. The Morgan fingerprint density at radius 1 is 1.21 bits per heavy atom. The maximum atomic E-state index is 11.1. The monoisotopic (exact) mass is 270 g/mol. The van der Waals surface area contributed by atoms with Crippen molar-refractivity contribution in [3.63, 3.8) is 0 Å². The molecule has 1 rings (SSSR count). The third kappa shape index (κ3) is 3.35. The van der Waals surface area contributed by atoms with Crippen LogP contribution in [-0.4, -0.2) is 34.1 Å². The highest BCUT2D eigenvalue weighted by Crippen LogP contribution is 2.28. The van der Waals surface area contributed by atoms with Crippen molar-refractivity contribution in [2.75, 3.05) is 18.1 Å². The topological polar surface area (TPSA) is 153 Å². The van der Waals surface area contributed by atoms with Crippen LogP contribution in [0.2, 0.25) is 0 Å². The Morgan fingerprint density at radius 3 is 2.00 bits per heavy atom. The number of nitro benzene ring substituents is 2. The molecule has 10 heteroatoms. The standard InChI is InChI=1S/C9H10N4O6/c10-9(15)11(1-2-14)6-3-7(12(16)17)5-8(4-6)13(18)19/h3-5,14H,1-2H2,(H2,10,15). The molecule has 19 heavy (non-hydrogen) atoms. The molecule has 0 fully saturated rings. The van der Waals surface area contributed by atoms with Crippen LogP contribution in [0, 0.1) is 20.2 Å². The van der Waals surface area contributed by atoms with Crippen LogP contribution >= 0.6 is 0 Å². The van der Waals surface area contributed by atoms with Gasteiger partial charge < -0.3 is 10.8 Å². The number of urea groups is 1. The lowest BCUT2D eigenvalue weighted by molar-refractivity contribution is -0.394. The number of hydrogen-bond donors (Lipinski definition) is 2. The second-order valence-electron chi connectivity index (χ2n) is 3.44. The second-order valence-corrected chi connectivity index (χ2v) is 3.44. The summed E-state index contributed by atoms with van der Waals surface area (Å²) in [6.07, 6.45) is 0. The summed E-state index contributed by atoms with van der Waals surface area (Å²) >= 11 is 0. The first kappa shape index (κ1) is 14.3. The molecule has 0 saturated carbocycles. The van der Waals surface area contributed by atoms with E-state index in [0.717, 1.165) is 23.1 Å². The minimum absolute atomic E-state index is 0.123. The quantitative estimate of drug-likeness (QED) is 0.582. The lowest BCUT2D eigenvalue weighted by atomic mass is 10.2. The molecule has 0 atom stereocenters. The number of amides is 2. The first-order valence-corrected chi connectivity index (χ1v) is 4.98. The number of benzene rings is 1. The molecule has 2 amide bonds. The van der Waals surface area contributed by atoms with Gasteiger partial charge in [0.2, 0.25) is 0 Å². The second kappa shape index (κ2) is 5.73. The maximum Gasteiger partial charge on any atom is 0.319 e. The number of aliphatic hydroxyl groups is 1. The van der Waals surface area contributed by atoms with Gasteiger partial charge >= 0.3 is 6.03 Å². The summed E-state index contributed by atoms with van der Waals surface area (Å²) in [6, 6.07) is 1.71. The summed E-state index contributed by atoms with van der Waals surface area (Å²) in [5.74, 6) is 0. The highest BCUT2D eigenvalue weighted by Gasteiger charge is 2.21. The predicted octanol–water partition coefficient (Wildman–Crippen LogP) is 0.380. The van der Waals surface area contributed by atoms with E-state index in [1.807, 2.05) is 0 Å². The van der Waals surface area contributed by atoms with Gasteiger partial charge in [-0.3, -0.25) is 25.1 Å². The molecule has 0 radical (unpaired) electrons. The number of carbonyl (C=O) groups is 1. The van der Waals surface area contributed by atoms with Crippen LogP contribution in [0.5, 0.6) is 0 Å². The van der Waals surface area contributed by atoms with Crippen molar-refractivity contribution < 1.29 is 19.7 Å². The third-order valence-electron chi connectivity index (χ3n) is 2.21. The van der Waals surface area contributed by atoms with Crippen molar-refractivity contribution >= 4 is 23.1 Å². The zero-order valence-corrected chi connectivity index (χ0v) is 9.55. The molecule has 0 aliphatic carbocycles. The predicted molar refractivity (Wildman–Crippen MR) is 63.8 cm³/mol. The summed E-state index contributed by atoms with van der Waals surface area (Å²) in [5.41, 5.74) is 3.83. The number of nitrogens with two attached hydrogens (primary N) is 1. The number of nitro groups is 2. The number of hydrogen-bond acceptors (Lipinski definition) is 6. The van der Waals surface area contributed by atoms with Gasteiger partial charge in [0.25, 0.3) is 11.4 Å². The van der Waals surface area contributed by atoms with Gasteiger partial charge in [-0.05, 0) is 0 Å². The minimum Gasteiger partial charge on any atom is -0.395 e. The van der Waals surface area contributed by atoms with Crippen LogP contribution in [0.25, 0.3) is 0 Å². The number of primary amides is 1. The van der Waals surface area contributed by atoms with Gasteiger partial charge in [-0.2, -0.15) is 0 Å². The van der Waals surface area contributed by atoms with Crippen LogP contribution < -0.4 is 10.6 Å². The van der Waals surface area contributed by atoms with E-state index in [1.54, 1.807) is 0 Å². The fourth-order valence-corrected chi connectivity index (χ4v) is 1.41. The van der Waals surface area contributed by atoms with Gasteiger partial charge in [-0.15, -0.1) is 0 Å². The number of carbonyl (C=O) groups excluding carboxylic acids is 1. The molecule has 10 nitrogen and oxygen atoms in total. The lowest BCUT2D eigenvalue weighted by Crippen LogP contribution is -2.37. The van der Waals surface area contributed by atoms with Gasteiger partial charge in [0.1, 0.15) is 0 Å². The van der Waals surface area contributed by atoms with Gasteiger partial charge in [0.05, 0.1) is 34.8 Å². The summed E-state index contributed by atoms with van der Waals surface area (Å²) in [7, 11) is 0. The highest BCUT2D eigenvalue weighted by atomic mass is 16.6. The Morgan fingerprint density at radius 2 is 1.68 bits per heavy atom. The van der Waals surface area contributed by atoms with E-state index in [2.05, 4.69) is 0 Å². The summed E-state index contributed by atoms with van der Waals surface area (Å²) in [6.45, 7) is -0.674. The highest BCUT2D eigenvalue weighted by molar-refractivity contribution is 5.91. The van der Waals surface area contributed by atoms with Crippen LogP contribution in [-0.2, 0) is 0 Å². The fourth-order valence-electron chi connectivity index (χ4n) is 1.41. The molecule has 0 unspecified atom stereocenters. The van der Waals surface area contributed by atoms with E-state index in [4.69, 9.17) is 10.8 Å². The molecule has 0 bridgehead atoms. The molecule has 0 heterocycles. The van der Waals surface area contributed by atoms with E-state index in [-0.39, 0.29) is 12.2 Å². The zero-order chi connectivity index (χ0) is 14.6. The van der Waals surface area contributed by atoms with Crippen molar-refractivity contribution in [2.24, 2.45) is 5.73 Å². The largest absolute Gasteiger partial charge is 0.395 e. The Hall–Kier alpha value is -2.75. The zero-order valence-electron chi connectivity index (χ0n) is 9.55. The smallest absolute Gasteiger partial charge is 0.319 e. The number of non-ortho nitro benzene ring substituents is 2. The molecule has 1 aromatic rings. The first-order valence-electron chi connectivity index (χ1n) is 4.98. The van der Waals surface area contributed by atoms with Crippen LogP contribution in [0.3, 0.4) is 0 Å². The molecule has 3 N–H and O–H groups in total. The molecule has 0 spiro atoms. The van der Waals surface area contributed by atoms with Crippen molar-refractivity contribution in [2.45, 2.75) is 0 Å². The Kier molecular flexibility index (Phi) is 4.32. The van der Waals surface area contributed by atoms with E-state index in [1.165, 1.54) is 0 Å². The number of rotatable bonds is 5. The van der Waals surface area contributed by atoms with Crippen LogP contribution in [0.4, 0.5) is 21.9 Å². The Bertz CT molecular complexity index is 499. The van der Waals surface area contributed by atoms with Gasteiger partial charge in [0, 0.05) is 12.1 Å². The first-order chi connectivity index (χ1) is 8.86. The number of aliphatic hydroxyl groups excluding tert-OH is 1. The molecule has 0 aliphatic rings. The van der Waals surface area contributed by atoms with E-state index in [9.17, 15) is 25.0 Å². The molecular formula is C9H10N4O6. The third-order valence-corrected chi connectivity index (χ3v) is 2.21. The van der Waals surface area contributed by atoms with Crippen molar-refractivity contribution in [3.05, 3.63) is 38.4 Å². The molecule has 0 aliphatic heterocycles. The Labute approximate surface area is 106 Å². The van der Waals surface area contributed by atoms with Crippen LogP contribution in [0.1, 0.15) is 0 Å². The lowest BCUT2D eigenvalue weighted by Gasteiger charge is -2.18. The summed E-state index contributed by atoms with van der Waals surface area (Å²) < 4.78 is 0. The SMILES string of the molecule is NC(=O)N(CCO)c1cc([N+](=O)[O-])cc([N+](=O)[O-])c1. The van der Waals surface area contributed by atoms with Gasteiger partial charge in [-0.1, -0.05) is 0 Å². The Balaban J connectivity index is 3.35. The van der Waals surface area contributed by atoms with Gasteiger partial charge in [-0.25, -0.2) is 4.79 Å². The van der Waals surface area contributed by atoms with Crippen molar-refractivity contribution in [1.29, 1.82) is 0 Å². The minimum atomic E-state index is -0.983. The maximum absolute atomic E-state index is 11.1. The number of nitrogens with zero attached hydrogens (tertiary/aromatic N) is 3. The van der Waals surface area contributed by atoms with Crippen LogP contribution in [0.15, 0.2) is 18.2 Å². The molecular weight excluding hydrogens is 260 g/mol. The molecule has 102 valence electrons. The number of anilines is 1. The average molecular weight is 270 g/mol. The molecule has 0 saturated heterocycles. The average Bonchev–Trinajstić information content (AvgIpc) is 2.34. The summed E-state index contributed by atoms with van der Waals surface area (Å²) in [5, 5.41) is 30.1. The normalized spacial score (nSPS) is 9.95. The van der Waals surface area contributed by atoms with Gasteiger partial charge in [0.15, 0.2) is 0 Å². The molecule has 1 aromatic carbocycles. The van der Waals surface area contributed by atoms with Crippen molar-refractivity contribution in [3.8, 4) is 0 Å². The van der Waals surface area contributed by atoms with E-state index in [0.29, 0.717) is 0 Å². The summed E-state index contributed by atoms with van der Waals surface area (Å²) in [4.78, 5) is 31.7. The van der Waals surface area contributed by atoms with Crippen molar-refractivity contribution in [1.82, 2.24) is 0 Å². The van der Waals surface area contributed by atoms with E-state index >= 15 is 0 Å².